The second kappa shape index (κ2) is 7.27. The van der Waals surface area contributed by atoms with Crippen LogP contribution in [-0.4, -0.2) is 25.0 Å². The number of rotatable bonds is 5. The van der Waals surface area contributed by atoms with E-state index in [-0.39, 0.29) is 12.5 Å². The summed E-state index contributed by atoms with van der Waals surface area (Å²) >= 11 is 9.58. The lowest BCUT2D eigenvalue weighted by atomic mass is 10.3. The topological polar surface area (TPSA) is 78.9 Å². The lowest BCUT2D eigenvalue weighted by molar-refractivity contribution is 0.264. The summed E-state index contributed by atoms with van der Waals surface area (Å²) in [6.07, 6.45) is 1.63. The van der Waals surface area contributed by atoms with Crippen LogP contribution in [0, 0.1) is 0 Å². The third kappa shape index (κ3) is 3.47. The van der Waals surface area contributed by atoms with E-state index in [2.05, 4.69) is 36.2 Å². The van der Waals surface area contributed by atoms with Crippen molar-refractivity contribution < 1.29 is 9.15 Å². The van der Waals surface area contributed by atoms with Crippen molar-refractivity contribution in [2.24, 2.45) is 0 Å². The zero-order valence-electron chi connectivity index (χ0n) is 13.2. The molecule has 0 saturated carbocycles. The summed E-state index contributed by atoms with van der Waals surface area (Å²) in [5, 5.41) is 12.9. The summed E-state index contributed by atoms with van der Waals surface area (Å²) < 4.78 is 13.5. The van der Waals surface area contributed by atoms with Crippen molar-refractivity contribution in [3.63, 3.8) is 0 Å². The van der Waals surface area contributed by atoms with Crippen LogP contribution in [0.2, 0.25) is 5.02 Å². The van der Waals surface area contributed by atoms with Gasteiger partial charge >= 0.3 is 0 Å². The van der Waals surface area contributed by atoms with Crippen molar-refractivity contribution in [1.29, 1.82) is 0 Å². The smallest absolute Gasteiger partial charge is 0.266 e. The van der Waals surface area contributed by atoms with Crippen molar-refractivity contribution in [2.45, 2.75) is 6.61 Å². The molecule has 0 unspecified atom stereocenters. The van der Waals surface area contributed by atoms with Crippen molar-refractivity contribution >= 4 is 27.5 Å². The maximum atomic E-state index is 6.22. The highest BCUT2D eigenvalue weighted by Gasteiger charge is 2.19. The fourth-order valence-electron chi connectivity index (χ4n) is 2.28. The van der Waals surface area contributed by atoms with Gasteiger partial charge in [-0.15, -0.1) is 10.2 Å². The highest BCUT2D eigenvalue weighted by atomic mass is 79.9. The highest BCUT2D eigenvalue weighted by molar-refractivity contribution is 9.10. The predicted octanol–water partition coefficient (Wildman–Crippen LogP) is 4.31. The molecule has 0 aliphatic rings. The van der Waals surface area contributed by atoms with Crippen LogP contribution in [0.3, 0.4) is 0 Å². The molecular formula is C17H11BrClN5O2. The van der Waals surface area contributed by atoms with E-state index in [1.807, 2.05) is 30.3 Å². The number of pyridine rings is 1. The van der Waals surface area contributed by atoms with E-state index in [4.69, 9.17) is 20.8 Å². The Morgan fingerprint density at radius 1 is 1.12 bits per heavy atom. The van der Waals surface area contributed by atoms with Gasteiger partial charge in [-0.2, -0.15) is 5.10 Å². The standard InChI is InChI=1S/C17H11BrClN5O2/c18-14-9-13(24(23-14)16-12(19)7-4-8-20-16)17-22-21-15(26-17)10-25-11-5-2-1-3-6-11/h1-9H,10H2. The Morgan fingerprint density at radius 3 is 2.77 bits per heavy atom. The SMILES string of the molecule is Clc1cccnc1-n1nc(Br)cc1-c1nnc(COc2ccccc2)o1. The first kappa shape index (κ1) is 16.7. The number of nitrogens with zero attached hydrogens (tertiary/aromatic N) is 5. The van der Waals surface area contributed by atoms with Crippen LogP contribution in [0.25, 0.3) is 17.4 Å². The average Bonchev–Trinajstić information content (AvgIpc) is 3.28. The zero-order valence-corrected chi connectivity index (χ0v) is 15.6. The maximum absolute atomic E-state index is 6.22. The molecule has 0 spiro atoms. The molecule has 4 rings (SSSR count). The van der Waals surface area contributed by atoms with E-state index in [0.717, 1.165) is 5.75 Å². The summed E-state index contributed by atoms with van der Waals surface area (Å²) in [6.45, 7) is 0.163. The first-order chi connectivity index (χ1) is 12.7. The summed E-state index contributed by atoms with van der Waals surface area (Å²) in [6, 6.07) is 14.6. The number of ether oxygens (including phenoxy) is 1. The molecule has 1 aromatic carbocycles. The van der Waals surface area contributed by atoms with Crippen LogP contribution in [0.1, 0.15) is 5.89 Å². The maximum Gasteiger partial charge on any atom is 0.266 e. The van der Waals surface area contributed by atoms with E-state index in [1.54, 1.807) is 29.1 Å². The Hall–Kier alpha value is -2.71. The quantitative estimate of drug-likeness (QED) is 0.467. The Labute approximate surface area is 161 Å². The molecule has 3 aromatic heterocycles. The molecule has 0 saturated heterocycles. The zero-order chi connectivity index (χ0) is 17.9. The molecule has 0 N–H and O–H groups in total. The Morgan fingerprint density at radius 2 is 1.96 bits per heavy atom. The van der Waals surface area contributed by atoms with Crippen LogP contribution >= 0.6 is 27.5 Å². The summed E-state index contributed by atoms with van der Waals surface area (Å²) in [7, 11) is 0. The largest absolute Gasteiger partial charge is 0.484 e. The monoisotopic (exact) mass is 431 g/mol. The van der Waals surface area contributed by atoms with Gasteiger partial charge in [-0.25, -0.2) is 9.67 Å². The lowest BCUT2D eigenvalue weighted by Gasteiger charge is -2.05. The third-order valence-electron chi connectivity index (χ3n) is 3.41. The van der Waals surface area contributed by atoms with Crippen molar-refractivity contribution in [2.75, 3.05) is 0 Å². The van der Waals surface area contributed by atoms with Gasteiger partial charge in [0.15, 0.2) is 12.4 Å². The number of halogens is 2. The second-order valence-corrected chi connectivity index (χ2v) is 6.40. The van der Waals surface area contributed by atoms with Crippen LogP contribution in [0.5, 0.6) is 5.75 Å². The molecule has 130 valence electrons. The molecule has 7 nitrogen and oxygen atoms in total. The summed E-state index contributed by atoms with van der Waals surface area (Å²) in [4.78, 5) is 4.26. The van der Waals surface area contributed by atoms with Gasteiger partial charge in [0.2, 0.25) is 0 Å². The molecule has 0 bridgehead atoms. The van der Waals surface area contributed by atoms with Gasteiger partial charge in [0.05, 0.1) is 5.02 Å². The van der Waals surface area contributed by atoms with Gasteiger partial charge in [0.25, 0.3) is 11.8 Å². The molecule has 0 atom stereocenters. The van der Waals surface area contributed by atoms with Gasteiger partial charge in [-0.3, -0.25) is 0 Å². The van der Waals surface area contributed by atoms with Crippen LogP contribution in [-0.2, 0) is 6.61 Å². The number of hydrogen-bond acceptors (Lipinski definition) is 6. The normalized spacial score (nSPS) is 10.8. The number of para-hydroxylation sites is 1. The van der Waals surface area contributed by atoms with Gasteiger partial charge in [-0.05, 0) is 40.2 Å². The van der Waals surface area contributed by atoms with E-state index in [0.29, 0.717) is 27.0 Å². The second-order valence-electron chi connectivity index (χ2n) is 5.18. The van der Waals surface area contributed by atoms with Gasteiger partial charge in [0.1, 0.15) is 16.0 Å². The minimum Gasteiger partial charge on any atom is -0.484 e. The van der Waals surface area contributed by atoms with Gasteiger partial charge in [0, 0.05) is 12.3 Å². The Balaban J connectivity index is 1.61. The molecule has 3 heterocycles. The molecular weight excluding hydrogens is 422 g/mol. The van der Waals surface area contributed by atoms with Crippen molar-refractivity contribution in [3.05, 3.63) is 70.2 Å². The molecule has 0 amide bonds. The number of aromatic nitrogens is 5. The van der Waals surface area contributed by atoms with Gasteiger partial charge in [-0.1, -0.05) is 29.8 Å². The first-order valence-electron chi connectivity index (χ1n) is 7.58. The van der Waals surface area contributed by atoms with E-state index in [1.165, 1.54) is 0 Å². The Kier molecular flexibility index (Phi) is 4.68. The molecule has 0 aliphatic carbocycles. The molecule has 4 aromatic rings. The molecule has 0 aliphatic heterocycles. The van der Waals surface area contributed by atoms with Gasteiger partial charge < -0.3 is 9.15 Å². The minimum absolute atomic E-state index is 0.163. The molecule has 9 heteroatoms. The summed E-state index contributed by atoms with van der Waals surface area (Å²) in [5.41, 5.74) is 0.566. The third-order valence-corrected chi connectivity index (χ3v) is 4.09. The first-order valence-corrected chi connectivity index (χ1v) is 8.75. The lowest BCUT2D eigenvalue weighted by Crippen LogP contribution is -2.02. The van der Waals surface area contributed by atoms with Crippen molar-refractivity contribution in [1.82, 2.24) is 25.0 Å². The van der Waals surface area contributed by atoms with Crippen LogP contribution in [0.4, 0.5) is 0 Å². The van der Waals surface area contributed by atoms with E-state index >= 15 is 0 Å². The van der Waals surface area contributed by atoms with E-state index < -0.39 is 0 Å². The Bertz CT molecular complexity index is 1030. The highest BCUT2D eigenvalue weighted by Crippen LogP contribution is 2.27. The molecule has 0 fully saturated rings. The summed E-state index contributed by atoms with van der Waals surface area (Å²) in [5.74, 6) is 1.83. The van der Waals surface area contributed by atoms with Crippen LogP contribution in [0.15, 0.2) is 63.7 Å². The molecule has 0 radical (unpaired) electrons. The number of hydrogen-bond donors (Lipinski definition) is 0. The number of benzene rings is 1. The van der Waals surface area contributed by atoms with Crippen LogP contribution < -0.4 is 4.74 Å². The average molecular weight is 433 g/mol. The fraction of sp³-hybridized carbons (Fsp3) is 0.0588. The minimum atomic E-state index is 0.163. The fourth-order valence-corrected chi connectivity index (χ4v) is 2.85. The predicted molar refractivity (Wildman–Crippen MR) is 98.1 cm³/mol. The molecule has 26 heavy (non-hydrogen) atoms. The van der Waals surface area contributed by atoms with E-state index in [9.17, 15) is 0 Å². The van der Waals surface area contributed by atoms with Crippen molar-refractivity contribution in [3.8, 4) is 23.2 Å².